The molecule has 0 fully saturated rings. The number of fused-ring (bicyclic) bond motifs is 2. The minimum Gasteiger partial charge on any atom is -0.482 e. The highest BCUT2D eigenvalue weighted by atomic mass is 35.5. The van der Waals surface area contributed by atoms with Crippen LogP contribution in [0.5, 0.6) is 5.75 Å². The van der Waals surface area contributed by atoms with Crippen LogP contribution in [0.2, 0.25) is 5.02 Å². The smallest absolute Gasteiger partial charge is 0.264 e. The minimum atomic E-state index is -0.749. The number of rotatable bonds is 6. The van der Waals surface area contributed by atoms with Gasteiger partial charge >= 0.3 is 0 Å². The Morgan fingerprint density at radius 3 is 2.48 bits per heavy atom. The van der Waals surface area contributed by atoms with Crippen LogP contribution in [0, 0.1) is 6.92 Å². The number of likely N-dealkylation sites (N-methyl/N-ethyl adjacent to an activating group) is 1. The molecule has 0 aliphatic carbocycles. The van der Waals surface area contributed by atoms with Crippen LogP contribution in [0.3, 0.4) is 0 Å². The SMILES string of the molecule is CC(=O)[C@@H](OC(C)(C)C)c1c(C)cc2nc(-c3ccnc(-c4ccc5c(c4)N(C)C(=O)CO5)c3)sc2c1-c1ccc(Cl)cc1. The largest absolute Gasteiger partial charge is 0.482 e. The molecule has 7 nitrogen and oxygen atoms in total. The van der Waals surface area contributed by atoms with E-state index in [0.717, 1.165) is 54.3 Å². The number of benzene rings is 3. The number of halogens is 1. The van der Waals surface area contributed by atoms with Gasteiger partial charge in [0, 0.05) is 40.5 Å². The van der Waals surface area contributed by atoms with E-state index < -0.39 is 11.7 Å². The number of hydrogen-bond donors (Lipinski definition) is 0. The molecule has 0 spiro atoms. The first-order valence-electron chi connectivity index (χ1n) is 14.3. The highest BCUT2D eigenvalue weighted by Gasteiger charge is 2.30. The Morgan fingerprint density at radius 1 is 1.05 bits per heavy atom. The van der Waals surface area contributed by atoms with Crippen LogP contribution < -0.4 is 9.64 Å². The minimum absolute atomic E-state index is 0.0306. The second-order valence-electron chi connectivity index (χ2n) is 11.9. The topological polar surface area (TPSA) is 81.6 Å². The standard InChI is InChI=1S/C35H32ClN3O4S/c1-19-15-26-33(31(21-7-10-24(36)11-8-21)30(19)32(20(2)40)43-35(3,4)5)44-34(38-26)23-13-14-37-25(16-23)22-9-12-28-27(17-22)39(6)29(41)18-42-28/h7-17,32H,18H2,1-6H3/t32-/m1/s1. The number of ether oxygens (including phenoxy) is 2. The molecule has 1 atom stereocenters. The molecule has 3 aromatic carbocycles. The Bertz CT molecular complexity index is 1930. The highest BCUT2D eigenvalue weighted by molar-refractivity contribution is 7.22. The van der Waals surface area contributed by atoms with Crippen molar-refractivity contribution in [1.82, 2.24) is 9.97 Å². The molecule has 0 bridgehead atoms. The number of Topliss-reactive ketones (excluding diaryl/α,β-unsaturated/α-hetero) is 1. The fourth-order valence-electron chi connectivity index (χ4n) is 5.43. The van der Waals surface area contributed by atoms with Crippen molar-refractivity contribution in [3.8, 4) is 38.7 Å². The highest BCUT2D eigenvalue weighted by Crippen LogP contribution is 2.45. The summed E-state index contributed by atoms with van der Waals surface area (Å²) in [6, 6.07) is 19.4. The Morgan fingerprint density at radius 2 is 1.77 bits per heavy atom. The van der Waals surface area contributed by atoms with Gasteiger partial charge in [-0.15, -0.1) is 11.3 Å². The lowest BCUT2D eigenvalue weighted by molar-refractivity contribution is -0.138. The fourth-order valence-corrected chi connectivity index (χ4v) is 6.67. The summed E-state index contributed by atoms with van der Waals surface area (Å²) in [5.41, 5.74) is 7.14. The van der Waals surface area contributed by atoms with E-state index in [-0.39, 0.29) is 18.3 Å². The normalized spacial score (nSPS) is 14.0. The van der Waals surface area contributed by atoms with E-state index in [2.05, 4.69) is 4.98 Å². The average molecular weight is 626 g/mol. The summed E-state index contributed by atoms with van der Waals surface area (Å²) in [5.74, 6) is 0.499. The second kappa shape index (κ2) is 11.4. The van der Waals surface area contributed by atoms with Gasteiger partial charge in [-0.2, -0.15) is 0 Å². The molecule has 1 aliphatic heterocycles. The van der Waals surface area contributed by atoms with E-state index >= 15 is 0 Å². The van der Waals surface area contributed by atoms with Crippen LogP contribution in [0.25, 0.3) is 43.2 Å². The number of ketones is 1. The summed E-state index contributed by atoms with van der Waals surface area (Å²) in [6.45, 7) is 9.47. The summed E-state index contributed by atoms with van der Waals surface area (Å²) in [6.07, 6.45) is 1.02. The van der Waals surface area contributed by atoms with Crippen LogP contribution in [-0.2, 0) is 14.3 Å². The first kappa shape index (κ1) is 29.9. The Kier molecular flexibility index (Phi) is 7.78. The Balaban J connectivity index is 1.50. The first-order valence-corrected chi connectivity index (χ1v) is 15.5. The molecule has 2 aromatic heterocycles. The number of amides is 1. The van der Waals surface area contributed by atoms with Crippen molar-refractivity contribution < 1.29 is 19.1 Å². The van der Waals surface area contributed by atoms with Gasteiger partial charge in [-0.25, -0.2) is 4.98 Å². The quantitative estimate of drug-likeness (QED) is 0.188. The summed E-state index contributed by atoms with van der Waals surface area (Å²) in [4.78, 5) is 36.6. The maximum absolute atomic E-state index is 13.1. The van der Waals surface area contributed by atoms with Gasteiger partial charge in [-0.3, -0.25) is 14.6 Å². The zero-order valence-corrected chi connectivity index (χ0v) is 27.0. The summed E-state index contributed by atoms with van der Waals surface area (Å²) in [7, 11) is 1.75. The molecule has 44 heavy (non-hydrogen) atoms. The number of anilines is 1. The van der Waals surface area contributed by atoms with E-state index in [1.807, 2.05) is 88.4 Å². The molecule has 9 heteroatoms. The van der Waals surface area contributed by atoms with Gasteiger partial charge < -0.3 is 14.4 Å². The van der Waals surface area contributed by atoms with Crippen LogP contribution >= 0.6 is 22.9 Å². The molecule has 5 aromatic rings. The van der Waals surface area contributed by atoms with Crippen molar-refractivity contribution in [2.75, 3.05) is 18.6 Å². The monoisotopic (exact) mass is 625 g/mol. The fraction of sp³-hybridized carbons (Fsp3) is 0.257. The summed E-state index contributed by atoms with van der Waals surface area (Å²) in [5, 5.41) is 1.45. The van der Waals surface area contributed by atoms with Gasteiger partial charge in [0.2, 0.25) is 0 Å². The van der Waals surface area contributed by atoms with Crippen molar-refractivity contribution >= 4 is 50.5 Å². The number of pyridine rings is 1. The molecule has 224 valence electrons. The van der Waals surface area contributed by atoms with E-state index in [9.17, 15) is 9.59 Å². The number of hydrogen-bond acceptors (Lipinski definition) is 7. The lowest BCUT2D eigenvalue weighted by atomic mass is 9.90. The zero-order chi connectivity index (χ0) is 31.3. The average Bonchev–Trinajstić information content (AvgIpc) is 3.41. The molecule has 0 saturated heterocycles. The molecule has 1 aliphatic rings. The van der Waals surface area contributed by atoms with E-state index in [1.165, 1.54) is 0 Å². The molecule has 0 N–H and O–H groups in total. The zero-order valence-electron chi connectivity index (χ0n) is 25.4. The van der Waals surface area contributed by atoms with Crippen molar-refractivity contribution in [1.29, 1.82) is 0 Å². The van der Waals surface area contributed by atoms with E-state index in [0.29, 0.717) is 16.5 Å². The van der Waals surface area contributed by atoms with E-state index in [1.54, 1.807) is 36.4 Å². The molecule has 0 radical (unpaired) electrons. The lowest BCUT2D eigenvalue weighted by Crippen LogP contribution is -2.35. The van der Waals surface area contributed by atoms with Crippen LogP contribution in [0.1, 0.15) is 44.9 Å². The number of carbonyl (C=O) groups excluding carboxylic acids is 2. The molecular weight excluding hydrogens is 594 g/mol. The van der Waals surface area contributed by atoms with Crippen LogP contribution in [0.4, 0.5) is 5.69 Å². The lowest BCUT2D eigenvalue weighted by Gasteiger charge is -2.29. The Hall–Kier alpha value is -4.11. The number of aromatic nitrogens is 2. The third-order valence-corrected chi connectivity index (χ3v) is 8.90. The van der Waals surface area contributed by atoms with Gasteiger partial charge in [0.1, 0.15) is 16.9 Å². The van der Waals surface area contributed by atoms with Crippen molar-refractivity contribution in [3.05, 3.63) is 83.0 Å². The van der Waals surface area contributed by atoms with Crippen LogP contribution in [-0.4, -0.2) is 40.9 Å². The summed E-state index contributed by atoms with van der Waals surface area (Å²) < 4.78 is 12.9. The first-order chi connectivity index (χ1) is 20.9. The third-order valence-electron chi connectivity index (χ3n) is 7.51. The maximum Gasteiger partial charge on any atom is 0.264 e. The van der Waals surface area contributed by atoms with Gasteiger partial charge in [0.15, 0.2) is 12.4 Å². The molecule has 3 heterocycles. The molecular formula is C35H32ClN3O4S. The molecule has 0 unspecified atom stereocenters. The summed E-state index contributed by atoms with van der Waals surface area (Å²) >= 11 is 7.83. The van der Waals surface area contributed by atoms with Gasteiger partial charge in [-0.1, -0.05) is 23.7 Å². The number of aryl methyl sites for hydroxylation is 1. The number of carbonyl (C=O) groups is 2. The third kappa shape index (κ3) is 5.73. The second-order valence-corrected chi connectivity index (χ2v) is 13.4. The van der Waals surface area contributed by atoms with E-state index in [4.69, 9.17) is 26.1 Å². The van der Waals surface area contributed by atoms with Crippen molar-refractivity contribution in [2.24, 2.45) is 0 Å². The molecule has 0 saturated carbocycles. The van der Waals surface area contributed by atoms with Gasteiger partial charge in [0.05, 0.1) is 27.2 Å². The molecule has 1 amide bonds. The van der Waals surface area contributed by atoms with Gasteiger partial charge in [-0.05, 0) is 94.3 Å². The van der Waals surface area contributed by atoms with Gasteiger partial charge in [0.25, 0.3) is 5.91 Å². The number of nitrogens with zero attached hydrogens (tertiary/aromatic N) is 3. The van der Waals surface area contributed by atoms with Crippen LogP contribution in [0.15, 0.2) is 66.9 Å². The van der Waals surface area contributed by atoms with Crippen molar-refractivity contribution in [3.63, 3.8) is 0 Å². The predicted molar refractivity (Wildman–Crippen MR) is 177 cm³/mol. The Labute approximate surface area is 265 Å². The maximum atomic E-state index is 13.1. The molecule has 6 rings (SSSR count). The van der Waals surface area contributed by atoms with Crippen molar-refractivity contribution in [2.45, 2.75) is 46.3 Å². The number of thiazole rings is 1. The predicted octanol–water partition coefficient (Wildman–Crippen LogP) is 8.45.